The van der Waals surface area contributed by atoms with Crippen molar-refractivity contribution in [1.82, 2.24) is 4.98 Å². The Morgan fingerprint density at radius 1 is 1.33 bits per heavy atom. The van der Waals surface area contributed by atoms with Crippen molar-refractivity contribution >= 4 is 11.7 Å². The monoisotopic (exact) mass is 330 g/mol. The molecule has 1 aliphatic rings. The fourth-order valence-corrected chi connectivity index (χ4v) is 2.38. The van der Waals surface area contributed by atoms with E-state index in [-0.39, 0.29) is 11.7 Å². The van der Waals surface area contributed by atoms with Gasteiger partial charge >= 0.3 is 0 Å². The van der Waals surface area contributed by atoms with Gasteiger partial charge in [0.25, 0.3) is 0 Å². The van der Waals surface area contributed by atoms with Crippen molar-refractivity contribution in [3.05, 3.63) is 36.3 Å². The average Bonchev–Trinajstić information content (AvgIpc) is 3.38. The van der Waals surface area contributed by atoms with Crippen LogP contribution >= 0.6 is 0 Å². The predicted octanol–water partition coefficient (Wildman–Crippen LogP) is 3.64. The highest BCUT2D eigenvalue weighted by atomic mass is 19.1. The number of amides is 1. The molecular formula is C18H19FN2O3. The number of carbonyl (C=O) groups is 1. The Bertz CT molecular complexity index is 760. The van der Waals surface area contributed by atoms with Crippen molar-refractivity contribution in [2.45, 2.75) is 19.8 Å². The number of benzene rings is 1. The van der Waals surface area contributed by atoms with Crippen LogP contribution in [-0.4, -0.2) is 24.6 Å². The Labute approximate surface area is 139 Å². The molecule has 0 aliphatic heterocycles. The summed E-state index contributed by atoms with van der Waals surface area (Å²) in [5.41, 5.74) is 0.877. The Morgan fingerprint density at radius 3 is 2.79 bits per heavy atom. The summed E-state index contributed by atoms with van der Waals surface area (Å²) in [6.07, 6.45) is 3.50. The van der Waals surface area contributed by atoms with Crippen LogP contribution in [0.5, 0.6) is 11.5 Å². The van der Waals surface area contributed by atoms with Crippen molar-refractivity contribution in [1.29, 1.82) is 0 Å². The van der Waals surface area contributed by atoms with Crippen LogP contribution in [0.4, 0.5) is 10.2 Å². The number of ether oxygens (including phenoxy) is 2. The van der Waals surface area contributed by atoms with E-state index >= 15 is 0 Å². The molecule has 1 fully saturated rings. The minimum Gasteiger partial charge on any atom is -0.496 e. The Morgan fingerprint density at radius 2 is 2.12 bits per heavy atom. The van der Waals surface area contributed by atoms with Crippen LogP contribution in [0.15, 0.2) is 30.5 Å². The molecule has 0 spiro atoms. The first-order valence-corrected chi connectivity index (χ1v) is 7.81. The van der Waals surface area contributed by atoms with Crippen LogP contribution in [0.1, 0.15) is 19.8 Å². The second-order valence-electron chi connectivity index (χ2n) is 5.85. The Balaban J connectivity index is 1.90. The van der Waals surface area contributed by atoms with E-state index in [0.717, 1.165) is 6.20 Å². The summed E-state index contributed by atoms with van der Waals surface area (Å²) in [5, 5.41) is 2.55. The maximum absolute atomic E-state index is 14.2. The zero-order chi connectivity index (χ0) is 17.1. The minimum atomic E-state index is -0.492. The lowest BCUT2D eigenvalue weighted by molar-refractivity contribution is -0.114. The summed E-state index contributed by atoms with van der Waals surface area (Å²) < 4.78 is 25.3. The lowest BCUT2D eigenvalue weighted by atomic mass is 10.0. The molecule has 0 bridgehead atoms. The number of pyridine rings is 1. The second kappa shape index (κ2) is 6.86. The van der Waals surface area contributed by atoms with Gasteiger partial charge < -0.3 is 14.8 Å². The summed E-state index contributed by atoms with van der Waals surface area (Å²) >= 11 is 0. The van der Waals surface area contributed by atoms with Crippen molar-refractivity contribution in [2.24, 2.45) is 5.92 Å². The van der Waals surface area contributed by atoms with Gasteiger partial charge in [0, 0.05) is 24.1 Å². The maximum Gasteiger partial charge on any atom is 0.222 e. The number of halogens is 1. The van der Waals surface area contributed by atoms with Crippen LogP contribution in [0, 0.1) is 11.7 Å². The average molecular weight is 330 g/mol. The number of carbonyl (C=O) groups excluding carboxylic acids is 1. The predicted molar refractivity (Wildman–Crippen MR) is 88.7 cm³/mol. The smallest absolute Gasteiger partial charge is 0.222 e. The molecule has 0 unspecified atom stereocenters. The molecule has 0 saturated heterocycles. The van der Waals surface area contributed by atoms with E-state index in [0.29, 0.717) is 35.2 Å². The zero-order valence-corrected chi connectivity index (χ0v) is 13.6. The molecule has 3 rings (SSSR count). The molecule has 126 valence electrons. The fraction of sp³-hybridized carbons (Fsp3) is 0.333. The number of methoxy groups -OCH3 is 1. The Kier molecular flexibility index (Phi) is 4.64. The number of nitrogens with one attached hydrogen (secondary N) is 1. The van der Waals surface area contributed by atoms with Gasteiger partial charge in [0.15, 0.2) is 0 Å². The third-order valence-corrected chi connectivity index (χ3v) is 3.81. The van der Waals surface area contributed by atoms with Crippen molar-refractivity contribution in [3.8, 4) is 22.6 Å². The third-order valence-electron chi connectivity index (χ3n) is 3.81. The molecule has 5 nitrogen and oxygen atoms in total. The summed E-state index contributed by atoms with van der Waals surface area (Å²) in [6.45, 7) is 2.07. The number of hydrogen-bond donors (Lipinski definition) is 1. The van der Waals surface area contributed by atoms with Gasteiger partial charge in [0.2, 0.25) is 5.91 Å². The number of nitrogens with zero attached hydrogens (tertiary/aromatic N) is 1. The van der Waals surface area contributed by atoms with E-state index in [2.05, 4.69) is 10.3 Å². The topological polar surface area (TPSA) is 60.5 Å². The first kappa shape index (κ1) is 16.2. The molecule has 1 heterocycles. The fourth-order valence-electron chi connectivity index (χ4n) is 2.38. The van der Waals surface area contributed by atoms with Gasteiger partial charge in [0.1, 0.15) is 23.1 Å². The molecule has 24 heavy (non-hydrogen) atoms. The molecule has 2 aromatic rings. The number of hydrogen-bond acceptors (Lipinski definition) is 4. The van der Waals surface area contributed by atoms with Gasteiger partial charge in [-0.3, -0.25) is 4.79 Å². The zero-order valence-electron chi connectivity index (χ0n) is 13.6. The van der Waals surface area contributed by atoms with E-state index in [1.165, 1.54) is 32.9 Å². The standard InChI is InChI=1S/C18H19FN2O3/c1-11(22)21-18-8-15(16(19)9-20-18)14-6-5-13(7-17(14)23-2)24-10-12-3-4-12/h5-9,12H,3-4,10H2,1-2H3,(H,20,21,22). The molecule has 1 aromatic carbocycles. The molecule has 1 aromatic heterocycles. The summed E-state index contributed by atoms with van der Waals surface area (Å²) in [6, 6.07) is 6.77. The quantitative estimate of drug-likeness (QED) is 0.878. The lowest BCUT2D eigenvalue weighted by Crippen LogP contribution is -2.08. The van der Waals surface area contributed by atoms with Crippen LogP contribution < -0.4 is 14.8 Å². The third kappa shape index (κ3) is 3.82. The molecule has 1 aliphatic carbocycles. The van der Waals surface area contributed by atoms with Gasteiger partial charge in [-0.25, -0.2) is 9.37 Å². The van der Waals surface area contributed by atoms with Crippen LogP contribution in [-0.2, 0) is 4.79 Å². The molecule has 1 saturated carbocycles. The maximum atomic E-state index is 14.2. The van der Waals surface area contributed by atoms with Crippen LogP contribution in [0.25, 0.3) is 11.1 Å². The molecule has 6 heteroatoms. The van der Waals surface area contributed by atoms with E-state index in [1.807, 2.05) is 0 Å². The highest BCUT2D eigenvalue weighted by molar-refractivity contribution is 5.88. The molecule has 0 radical (unpaired) electrons. The van der Waals surface area contributed by atoms with Crippen molar-refractivity contribution in [3.63, 3.8) is 0 Å². The molecule has 0 atom stereocenters. The van der Waals surface area contributed by atoms with Gasteiger partial charge in [-0.15, -0.1) is 0 Å². The first-order valence-electron chi connectivity index (χ1n) is 7.81. The van der Waals surface area contributed by atoms with E-state index in [9.17, 15) is 9.18 Å². The van der Waals surface area contributed by atoms with Crippen molar-refractivity contribution < 1.29 is 18.7 Å². The number of anilines is 1. The SMILES string of the molecule is COc1cc(OCC2CC2)ccc1-c1cc(NC(C)=O)ncc1F. The summed E-state index contributed by atoms with van der Waals surface area (Å²) in [5.74, 6) is 1.37. The number of rotatable bonds is 6. The summed E-state index contributed by atoms with van der Waals surface area (Å²) in [4.78, 5) is 15.0. The Hall–Kier alpha value is -2.63. The lowest BCUT2D eigenvalue weighted by Gasteiger charge is -2.13. The molecule has 1 N–H and O–H groups in total. The molecule has 1 amide bonds. The molecular weight excluding hydrogens is 311 g/mol. The van der Waals surface area contributed by atoms with Crippen LogP contribution in [0.3, 0.4) is 0 Å². The normalized spacial score (nSPS) is 13.5. The highest BCUT2D eigenvalue weighted by Gasteiger charge is 2.22. The van der Waals surface area contributed by atoms with Gasteiger partial charge in [0.05, 0.1) is 19.9 Å². The van der Waals surface area contributed by atoms with Crippen molar-refractivity contribution in [2.75, 3.05) is 19.0 Å². The van der Waals surface area contributed by atoms with Crippen LogP contribution in [0.2, 0.25) is 0 Å². The van der Waals surface area contributed by atoms with Gasteiger partial charge in [-0.1, -0.05) is 0 Å². The van der Waals surface area contributed by atoms with E-state index < -0.39 is 5.82 Å². The highest BCUT2D eigenvalue weighted by Crippen LogP contribution is 2.36. The number of aromatic nitrogens is 1. The van der Waals surface area contributed by atoms with E-state index in [1.54, 1.807) is 18.2 Å². The van der Waals surface area contributed by atoms with E-state index in [4.69, 9.17) is 9.47 Å². The second-order valence-corrected chi connectivity index (χ2v) is 5.85. The first-order chi connectivity index (χ1) is 11.6. The minimum absolute atomic E-state index is 0.268. The largest absolute Gasteiger partial charge is 0.496 e. The van der Waals surface area contributed by atoms with Gasteiger partial charge in [-0.2, -0.15) is 0 Å². The summed E-state index contributed by atoms with van der Waals surface area (Å²) in [7, 11) is 1.53. The van der Waals surface area contributed by atoms with Gasteiger partial charge in [-0.05, 0) is 37.0 Å².